The quantitative estimate of drug-likeness (QED) is 0.373. The zero-order valence-corrected chi connectivity index (χ0v) is 18.7. The number of aromatic nitrogens is 1. The molecule has 3 aromatic rings. The highest BCUT2D eigenvalue weighted by molar-refractivity contribution is 8.24. The molecular formula is C23H28F2N4O2S. The predicted molar refractivity (Wildman–Crippen MR) is 127 cm³/mol. The standard InChI is InChI=1S/C23H28F2N4O2S/c1-16-6-7-19-18(12-16)20(27-9-8-26-14-22(24)25)13-23(28-19)29-10-11-32(30,31)21-5-3-2-4-17(21)15-29/h2-7,12-13,22,26,30-31H,8-11,14-15H2,1H3,(H,27,28). The number of rotatable bonds is 7. The Labute approximate surface area is 188 Å². The maximum atomic E-state index is 12.4. The third-order valence-electron chi connectivity index (χ3n) is 5.52. The van der Waals surface area contributed by atoms with E-state index in [0.29, 0.717) is 31.1 Å². The maximum absolute atomic E-state index is 12.4. The van der Waals surface area contributed by atoms with Gasteiger partial charge in [0.1, 0.15) is 5.82 Å². The number of halogens is 2. The first kappa shape index (κ1) is 22.7. The van der Waals surface area contributed by atoms with Gasteiger partial charge in [-0.25, -0.2) is 13.8 Å². The Morgan fingerprint density at radius 3 is 2.75 bits per heavy atom. The van der Waals surface area contributed by atoms with Crippen molar-refractivity contribution in [1.82, 2.24) is 10.3 Å². The molecule has 4 rings (SSSR count). The molecule has 172 valence electrons. The lowest BCUT2D eigenvalue weighted by Gasteiger charge is -2.32. The number of hydrogen-bond donors (Lipinski definition) is 4. The molecule has 0 unspecified atom stereocenters. The van der Waals surface area contributed by atoms with E-state index in [1.165, 1.54) is 0 Å². The van der Waals surface area contributed by atoms with Gasteiger partial charge in [0.05, 0.1) is 22.7 Å². The van der Waals surface area contributed by atoms with Crippen molar-refractivity contribution in [3.63, 3.8) is 0 Å². The number of benzene rings is 2. The molecule has 6 nitrogen and oxygen atoms in total. The molecule has 0 saturated heterocycles. The maximum Gasteiger partial charge on any atom is 0.250 e. The molecule has 1 aliphatic rings. The normalized spacial score (nSPS) is 16.6. The smallest absolute Gasteiger partial charge is 0.250 e. The zero-order valence-electron chi connectivity index (χ0n) is 17.9. The van der Waals surface area contributed by atoms with Crippen LogP contribution in [0.5, 0.6) is 0 Å². The average Bonchev–Trinajstić information content (AvgIpc) is 2.89. The Morgan fingerprint density at radius 2 is 1.94 bits per heavy atom. The first-order valence-corrected chi connectivity index (χ1v) is 12.3. The Kier molecular flexibility index (Phi) is 6.80. The summed E-state index contributed by atoms with van der Waals surface area (Å²) in [5.41, 5.74) is 3.67. The van der Waals surface area contributed by atoms with Gasteiger partial charge in [-0.1, -0.05) is 29.8 Å². The van der Waals surface area contributed by atoms with E-state index >= 15 is 0 Å². The van der Waals surface area contributed by atoms with E-state index in [4.69, 9.17) is 4.98 Å². The molecule has 4 N–H and O–H groups in total. The van der Waals surface area contributed by atoms with Crippen molar-refractivity contribution in [3.05, 3.63) is 59.7 Å². The van der Waals surface area contributed by atoms with Crippen molar-refractivity contribution in [2.45, 2.75) is 24.8 Å². The van der Waals surface area contributed by atoms with E-state index in [2.05, 4.69) is 21.6 Å². The summed E-state index contributed by atoms with van der Waals surface area (Å²) < 4.78 is 46.0. The van der Waals surface area contributed by atoms with Gasteiger partial charge in [-0.05, 0) is 30.7 Å². The summed E-state index contributed by atoms with van der Waals surface area (Å²) in [5.74, 6) is 0.967. The highest BCUT2D eigenvalue weighted by Crippen LogP contribution is 2.51. The Bertz CT molecular complexity index is 1100. The van der Waals surface area contributed by atoms with E-state index in [1.54, 1.807) is 6.07 Å². The third-order valence-corrected chi connectivity index (χ3v) is 7.38. The van der Waals surface area contributed by atoms with E-state index in [-0.39, 0.29) is 12.3 Å². The van der Waals surface area contributed by atoms with Crippen molar-refractivity contribution in [2.75, 3.05) is 42.1 Å². The summed E-state index contributed by atoms with van der Waals surface area (Å²) >= 11 is 0. The molecule has 0 aliphatic carbocycles. The number of fused-ring (bicyclic) bond motifs is 2. The summed E-state index contributed by atoms with van der Waals surface area (Å²) in [6.07, 6.45) is -2.37. The number of aryl methyl sites for hydroxylation is 1. The average molecular weight is 463 g/mol. The summed E-state index contributed by atoms with van der Waals surface area (Å²) in [4.78, 5) is 7.50. The van der Waals surface area contributed by atoms with Gasteiger partial charge in [0.15, 0.2) is 0 Å². The summed E-state index contributed by atoms with van der Waals surface area (Å²) in [6, 6.07) is 15.4. The van der Waals surface area contributed by atoms with Crippen LogP contribution in [-0.4, -0.2) is 52.4 Å². The second kappa shape index (κ2) is 9.58. The van der Waals surface area contributed by atoms with Crippen LogP contribution in [0.3, 0.4) is 0 Å². The van der Waals surface area contributed by atoms with Gasteiger partial charge >= 0.3 is 0 Å². The lowest BCUT2D eigenvalue weighted by molar-refractivity contribution is 0.146. The number of pyridine rings is 1. The van der Waals surface area contributed by atoms with Crippen molar-refractivity contribution in [1.29, 1.82) is 0 Å². The predicted octanol–water partition coefficient (Wildman–Crippen LogP) is 4.94. The van der Waals surface area contributed by atoms with Crippen LogP contribution < -0.4 is 15.5 Å². The van der Waals surface area contributed by atoms with Crippen molar-refractivity contribution in [2.24, 2.45) is 0 Å². The van der Waals surface area contributed by atoms with Crippen LogP contribution in [-0.2, 0) is 6.54 Å². The van der Waals surface area contributed by atoms with Gasteiger partial charge in [-0.15, -0.1) is 0 Å². The van der Waals surface area contributed by atoms with Crippen LogP contribution in [0.4, 0.5) is 20.3 Å². The van der Waals surface area contributed by atoms with Crippen LogP contribution in [0.1, 0.15) is 11.1 Å². The number of hydrogen-bond acceptors (Lipinski definition) is 6. The SMILES string of the molecule is Cc1ccc2nc(N3CCS(O)(O)c4ccccc4C3)cc(NCCNCC(F)F)c2c1. The molecule has 0 atom stereocenters. The molecule has 32 heavy (non-hydrogen) atoms. The minimum absolute atomic E-state index is 0.234. The fraction of sp³-hybridized carbons (Fsp3) is 0.348. The first-order chi connectivity index (χ1) is 15.3. The second-order valence-electron chi connectivity index (χ2n) is 7.97. The van der Waals surface area contributed by atoms with Crippen molar-refractivity contribution >= 4 is 33.0 Å². The van der Waals surface area contributed by atoms with E-state index in [1.807, 2.05) is 43.3 Å². The molecule has 0 saturated carbocycles. The van der Waals surface area contributed by atoms with E-state index in [9.17, 15) is 17.9 Å². The van der Waals surface area contributed by atoms with Gasteiger partial charge < -0.3 is 15.5 Å². The van der Waals surface area contributed by atoms with E-state index < -0.39 is 17.0 Å². The highest BCUT2D eigenvalue weighted by Gasteiger charge is 2.26. The van der Waals surface area contributed by atoms with Gasteiger partial charge in [0.25, 0.3) is 6.43 Å². The first-order valence-electron chi connectivity index (χ1n) is 10.6. The second-order valence-corrected chi connectivity index (χ2v) is 10.2. The summed E-state index contributed by atoms with van der Waals surface area (Å²) in [5, 5.41) is 7.04. The van der Waals surface area contributed by atoms with Gasteiger partial charge in [0, 0.05) is 43.3 Å². The summed E-state index contributed by atoms with van der Waals surface area (Å²) in [7, 11) is -2.86. The number of nitrogens with zero attached hydrogens (tertiary/aromatic N) is 2. The topological polar surface area (TPSA) is 80.7 Å². The monoisotopic (exact) mass is 462 g/mol. The minimum Gasteiger partial charge on any atom is -0.383 e. The largest absolute Gasteiger partial charge is 0.383 e. The Hall–Kier alpha value is -2.46. The Morgan fingerprint density at radius 1 is 1.12 bits per heavy atom. The fourth-order valence-corrected chi connectivity index (χ4v) is 5.46. The molecule has 0 radical (unpaired) electrons. The molecule has 1 aliphatic heterocycles. The number of anilines is 2. The summed E-state index contributed by atoms with van der Waals surface area (Å²) in [6.45, 7) is 3.55. The van der Waals surface area contributed by atoms with Crippen LogP contribution in [0.25, 0.3) is 10.9 Å². The molecule has 1 aromatic heterocycles. The van der Waals surface area contributed by atoms with Crippen LogP contribution in [0.2, 0.25) is 0 Å². The molecule has 9 heteroatoms. The van der Waals surface area contributed by atoms with Gasteiger partial charge in [-0.3, -0.25) is 9.11 Å². The lowest BCUT2D eigenvalue weighted by atomic mass is 10.1. The molecule has 2 heterocycles. The molecule has 0 spiro atoms. The molecule has 0 fully saturated rings. The van der Waals surface area contributed by atoms with Gasteiger partial charge in [0.2, 0.25) is 0 Å². The third kappa shape index (κ3) is 5.12. The molecule has 2 aromatic carbocycles. The van der Waals surface area contributed by atoms with Crippen LogP contribution in [0, 0.1) is 6.92 Å². The van der Waals surface area contributed by atoms with Crippen LogP contribution >= 0.6 is 10.6 Å². The van der Waals surface area contributed by atoms with Crippen molar-refractivity contribution < 1.29 is 17.9 Å². The molecule has 0 amide bonds. The fourth-order valence-electron chi connectivity index (χ4n) is 3.91. The van der Waals surface area contributed by atoms with Crippen molar-refractivity contribution in [3.8, 4) is 0 Å². The number of nitrogens with one attached hydrogen (secondary N) is 2. The molecular weight excluding hydrogens is 434 g/mol. The zero-order chi connectivity index (χ0) is 22.7. The molecule has 0 bridgehead atoms. The lowest BCUT2D eigenvalue weighted by Crippen LogP contribution is -2.27. The van der Waals surface area contributed by atoms with Gasteiger partial charge in [-0.2, -0.15) is 10.6 Å². The Balaban J connectivity index is 1.63. The minimum atomic E-state index is -2.86. The number of alkyl halides is 2. The van der Waals surface area contributed by atoms with Crippen LogP contribution in [0.15, 0.2) is 53.4 Å². The van der Waals surface area contributed by atoms with E-state index in [0.717, 1.165) is 33.5 Å². The highest BCUT2D eigenvalue weighted by atomic mass is 32.3.